The van der Waals surface area contributed by atoms with E-state index in [9.17, 15) is 4.79 Å². The summed E-state index contributed by atoms with van der Waals surface area (Å²) >= 11 is 0. The van der Waals surface area contributed by atoms with Gasteiger partial charge in [0.05, 0.1) is 6.54 Å². The highest BCUT2D eigenvalue weighted by Gasteiger charge is 2.13. The van der Waals surface area contributed by atoms with E-state index in [0.717, 1.165) is 0 Å². The molecule has 0 aliphatic rings. The van der Waals surface area contributed by atoms with Crippen molar-refractivity contribution in [2.24, 2.45) is 5.73 Å². The number of anilines is 1. The second-order valence-corrected chi connectivity index (χ2v) is 2.15. The Hall–Kier alpha value is -1.43. The third-order valence-corrected chi connectivity index (χ3v) is 1.45. The van der Waals surface area contributed by atoms with E-state index in [0.29, 0.717) is 12.5 Å². The fourth-order valence-corrected chi connectivity index (χ4v) is 0.884. The zero-order valence-electron chi connectivity index (χ0n) is 6.82. The molecule has 6 heteroatoms. The Morgan fingerprint density at radius 2 is 2.58 bits per heavy atom. The van der Waals surface area contributed by atoms with Crippen molar-refractivity contribution in [3.05, 3.63) is 6.33 Å². The summed E-state index contributed by atoms with van der Waals surface area (Å²) in [5.41, 5.74) is 5.20. The van der Waals surface area contributed by atoms with Crippen molar-refractivity contribution in [3.8, 4) is 0 Å². The van der Waals surface area contributed by atoms with Crippen LogP contribution in [0.1, 0.15) is 6.92 Å². The van der Waals surface area contributed by atoms with Gasteiger partial charge in [-0.1, -0.05) is 0 Å². The Morgan fingerprint density at radius 1 is 1.83 bits per heavy atom. The number of hydrogen-bond donors (Lipinski definition) is 2. The van der Waals surface area contributed by atoms with Crippen molar-refractivity contribution in [3.63, 3.8) is 0 Å². The van der Waals surface area contributed by atoms with Gasteiger partial charge in [-0.3, -0.25) is 9.69 Å². The molecule has 1 heterocycles. The highest BCUT2D eigenvalue weighted by atomic mass is 16.2. The highest BCUT2D eigenvalue weighted by molar-refractivity contribution is 5.92. The molecule has 0 unspecified atom stereocenters. The molecule has 6 nitrogen and oxygen atoms in total. The molecule has 1 amide bonds. The van der Waals surface area contributed by atoms with Crippen LogP contribution in [0.2, 0.25) is 0 Å². The third kappa shape index (κ3) is 1.59. The molecule has 0 atom stereocenters. The summed E-state index contributed by atoms with van der Waals surface area (Å²) in [4.78, 5) is 16.4. The topological polar surface area (TPSA) is 87.9 Å². The third-order valence-electron chi connectivity index (χ3n) is 1.45. The smallest absolute Gasteiger partial charge is 0.243 e. The van der Waals surface area contributed by atoms with E-state index < -0.39 is 0 Å². The van der Waals surface area contributed by atoms with Crippen LogP contribution in [0.5, 0.6) is 0 Å². The maximum Gasteiger partial charge on any atom is 0.243 e. The second kappa shape index (κ2) is 3.82. The Morgan fingerprint density at radius 3 is 3.00 bits per heavy atom. The molecular weight excluding hydrogens is 158 g/mol. The Bertz CT molecular complexity index is 244. The lowest BCUT2D eigenvalue weighted by molar-refractivity contribution is -0.117. The zero-order valence-corrected chi connectivity index (χ0v) is 6.82. The van der Waals surface area contributed by atoms with Gasteiger partial charge in [0.25, 0.3) is 0 Å². The number of amides is 1. The molecule has 12 heavy (non-hydrogen) atoms. The predicted octanol–water partition coefficient (Wildman–Crippen LogP) is -0.884. The quantitative estimate of drug-likeness (QED) is 0.614. The molecule has 0 radical (unpaired) electrons. The van der Waals surface area contributed by atoms with Crippen molar-refractivity contribution in [2.45, 2.75) is 6.92 Å². The van der Waals surface area contributed by atoms with Gasteiger partial charge in [-0.25, -0.2) is 5.10 Å². The van der Waals surface area contributed by atoms with Gasteiger partial charge in [0.1, 0.15) is 6.33 Å². The summed E-state index contributed by atoms with van der Waals surface area (Å²) in [6.07, 6.45) is 1.35. The largest absolute Gasteiger partial charge is 0.322 e. The maximum atomic E-state index is 11.2. The van der Waals surface area contributed by atoms with E-state index in [2.05, 4.69) is 15.2 Å². The Kier molecular flexibility index (Phi) is 2.76. The molecule has 1 aromatic heterocycles. The molecular formula is C6H11N5O. The monoisotopic (exact) mass is 169 g/mol. The minimum absolute atomic E-state index is 0.0193. The number of rotatable bonds is 3. The minimum atomic E-state index is -0.172. The SMILES string of the molecule is CCN(C(=O)CN)c1ncn[nH]1. The van der Waals surface area contributed by atoms with E-state index in [4.69, 9.17) is 5.73 Å². The van der Waals surface area contributed by atoms with Crippen LogP contribution in [-0.4, -0.2) is 34.2 Å². The van der Waals surface area contributed by atoms with Crippen LogP contribution in [0.3, 0.4) is 0 Å². The number of carbonyl (C=O) groups excluding carboxylic acids is 1. The number of aromatic nitrogens is 3. The average Bonchev–Trinajstić information content (AvgIpc) is 2.58. The first-order chi connectivity index (χ1) is 5.79. The molecule has 0 bridgehead atoms. The molecule has 1 aromatic rings. The predicted molar refractivity (Wildman–Crippen MR) is 43.5 cm³/mol. The van der Waals surface area contributed by atoms with Gasteiger partial charge in [-0.2, -0.15) is 10.1 Å². The lowest BCUT2D eigenvalue weighted by atomic mass is 10.5. The average molecular weight is 169 g/mol. The molecule has 0 fully saturated rings. The number of aromatic amines is 1. The molecule has 0 spiro atoms. The summed E-state index contributed by atoms with van der Waals surface area (Å²) in [6.45, 7) is 2.36. The van der Waals surface area contributed by atoms with E-state index in [1.807, 2.05) is 6.92 Å². The molecule has 0 aliphatic carbocycles. The molecule has 1 rings (SSSR count). The van der Waals surface area contributed by atoms with E-state index in [-0.39, 0.29) is 12.5 Å². The van der Waals surface area contributed by atoms with E-state index >= 15 is 0 Å². The Labute approximate surface area is 69.8 Å². The van der Waals surface area contributed by atoms with Crippen LogP contribution in [0.25, 0.3) is 0 Å². The van der Waals surface area contributed by atoms with Gasteiger partial charge in [0.2, 0.25) is 11.9 Å². The van der Waals surface area contributed by atoms with Crippen molar-refractivity contribution in [1.29, 1.82) is 0 Å². The van der Waals surface area contributed by atoms with Gasteiger partial charge >= 0.3 is 0 Å². The van der Waals surface area contributed by atoms with Crippen molar-refractivity contribution in [1.82, 2.24) is 15.2 Å². The van der Waals surface area contributed by atoms with Crippen LogP contribution in [0.15, 0.2) is 6.33 Å². The molecule has 0 saturated carbocycles. The number of H-pyrrole nitrogens is 1. The van der Waals surface area contributed by atoms with Gasteiger partial charge in [-0.15, -0.1) is 0 Å². The van der Waals surface area contributed by atoms with Crippen LogP contribution in [0.4, 0.5) is 5.95 Å². The lowest BCUT2D eigenvalue weighted by Crippen LogP contribution is -2.36. The summed E-state index contributed by atoms with van der Waals surface area (Å²) in [5, 5.41) is 6.23. The second-order valence-electron chi connectivity index (χ2n) is 2.15. The fourth-order valence-electron chi connectivity index (χ4n) is 0.884. The van der Waals surface area contributed by atoms with Crippen LogP contribution >= 0.6 is 0 Å². The summed E-state index contributed by atoms with van der Waals surface area (Å²) in [5.74, 6) is 0.266. The standard InChI is InChI=1S/C6H11N5O/c1-2-11(5(12)3-7)6-8-4-9-10-6/h4H,2-3,7H2,1H3,(H,8,9,10). The number of hydrogen-bond acceptors (Lipinski definition) is 4. The van der Waals surface area contributed by atoms with Gasteiger partial charge in [0.15, 0.2) is 0 Å². The maximum absolute atomic E-state index is 11.2. The van der Waals surface area contributed by atoms with Gasteiger partial charge in [-0.05, 0) is 6.92 Å². The first-order valence-electron chi connectivity index (χ1n) is 3.65. The van der Waals surface area contributed by atoms with Crippen LogP contribution < -0.4 is 10.6 Å². The minimum Gasteiger partial charge on any atom is -0.322 e. The molecule has 0 aliphatic heterocycles. The van der Waals surface area contributed by atoms with Crippen molar-refractivity contribution in [2.75, 3.05) is 18.0 Å². The molecule has 3 N–H and O–H groups in total. The van der Waals surface area contributed by atoms with E-state index in [1.165, 1.54) is 11.2 Å². The summed E-state index contributed by atoms with van der Waals surface area (Å²) in [7, 11) is 0. The first-order valence-corrected chi connectivity index (χ1v) is 3.65. The number of nitrogens with one attached hydrogen (secondary N) is 1. The van der Waals surface area contributed by atoms with Crippen molar-refractivity contribution < 1.29 is 4.79 Å². The van der Waals surface area contributed by atoms with Gasteiger partial charge < -0.3 is 5.73 Å². The molecule has 0 aromatic carbocycles. The molecule has 66 valence electrons. The number of nitrogens with two attached hydrogens (primary N) is 1. The number of carbonyl (C=O) groups is 1. The Balaban J connectivity index is 2.76. The number of nitrogens with zero attached hydrogens (tertiary/aromatic N) is 3. The lowest BCUT2D eigenvalue weighted by Gasteiger charge is -2.15. The van der Waals surface area contributed by atoms with Gasteiger partial charge in [0, 0.05) is 6.54 Å². The number of likely N-dealkylation sites (N-methyl/N-ethyl adjacent to an activating group) is 1. The molecule has 0 saturated heterocycles. The first kappa shape index (κ1) is 8.66. The van der Waals surface area contributed by atoms with E-state index in [1.54, 1.807) is 0 Å². The normalized spacial score (nSPS) is 9.83. The van der Waals surface area contributed by atoms with Crippen molar-refractivity contribution >= 4 is 11.9 Å². The zero-order chi connectivity index (χ0) is 8.97. The van der Waals surface area contributed by atoms with Crippen LogP contribution in [0, 0.1) is 0 Å². The summed E-state index contributed by atoms with van der Waals surface area (Å²) in [6, 6.07) is 0. The fraction of sp³-hybridized carbons (Fsp3) is 0.500. The van der Waals surface area contributed by atoms with Crippen LogP contribution in [-0.2, 0) is 4.79 Å². The highest BCUT2D eigenvalue weighted by Crippen LogP contribution is 2.02. The summed E-state index contributed by atoms with van der Waals surface area (Å²) < 4.78 is 0.